The largest absolute Gasteiger partial charge is 0.368 e. The second kappa shape index (κ2) is 3.90. The predicted molar refractivity (Wildman–Crippen MR) is 63.1 cm³/mol. The zero-order chi connectivity index (χ0) is 11.0. The van der Waals surface area contributed by atoms with E-state index in [1.54, 1.807) is 6.20 Å². The van der Waals surface area contributed by atoms with Crippen molar-refractivity contribution in [3.05, 3.63) is 12.3 Å². The van der Waals surface area contributed by atoms with Gasteiger partial charge in [-0.1, -0.05) is 0 Å². The molecule has 2 aliphatic heterocycles. The van der Waals surface area contributed by atoms with E-state index in [-0.39, 0.29) is 0 Å². The Balaban J connectivity index is 1.77. The Bertz CT molecular complexity index is 366. The molecule has 2 saturated heterocycles. The summed E-state index contributed by atoms with van der Waals surface area (Å²) in [5, 5.41) is 3.46. The number of aromatic nitrogens is 2. The highest BCUT2D eigenvalue weighted by Gasteiger charge is 2.34. The first-order chi connectivity index (χ1) is 7.83. The monoisotopic (exact) mass is 219 g/mol. The molecule has 0 amide bonds. The zero-order valence-electron chi connectivity index (χ0n) is 9.26. The molecule has 0 radical (unpaired) electrons. The lowest BCUT2D eigenvalue weighted by atomic mass is 9.90. The van der Waals surface area contributed by atoms with Crippen molar-refractivity contribution in [2.45, 2.75) is 6.42 Å². The van der Waals surface area contributed by atoms with E-state index in [1.165, 1.54) is 6.42 Å². The Kier molecular flexibility index (Phi) is 2.40. The molecule has 3 heterocycles. The van der Waals surface area contributed by atoms with E-state index >= 15 is 0 Å². The van der Waals surface area contributed by atoms with Crippen LogP contribution in [0.25, 0.3) is 0 Å². The van der Waals surface area contributed by atoms with Crippen molar-refractivity contribution in [1.82, 2.24) is 15.3 Å². The quantitative estimate of drug-likeness (QED) is 0.701. The minimum absolute atomic E-state index is 0.366. The standard InChI is InChI=1S/C11H17N5/c12-11-14-4-2-10(15-11)16-6-8-1-3-13-5-9(8)7-16/h2,4,8-9,13H,1,3,5-7H2,(H2,12,14,15)/t8-,9-/m1/s1. The van der Waals surface area contributed by atoms with Gasteiger partial charge in [-0.25, -0.2) is 4.98 Å². The SMILES string of the molecule is Nc1nccc(N2C[C@H]3CCNC[C@@H]3C2)n1. The smallest absolute Gasteiger partial charge is 0.221 e. The Labute approximate surface area is 95.1 Å². The number of anilines is 2. The summed E-state index contributed by atoms with van der Waals surface area (Å²) in [6, 6.07) is 1.95. The third-order valence-corrected chi connectivity index (χ3v) is 3.66. The third-order valence-electron chi connectivity index (χ3n) is 3.66. The van der Waals surface area contributed by atoms with Crippen LogP contribution in [0, 0.1) is 11.8 Å². The molecule has 0 unspecified atom stereocenters. The molecular weight excluding hydrogens is 202 g/mol. The van der Waals surface area contributed by atoms with E-state index in [9.17, 15) is 0 Å². The van der Waals surface area contributed by atoms with Gasteiger partial charge < -0.3 is 16.0 Å². The first-order valence-corrected chi connectivity index (χ1v) is 5.87. The number of hydrogen-bond donors (Lipinski definition) is 2. The normalized spacial score (nSPS) is 29.1. The van der Waals surface area contributed by atoms with Gasteiger partial charge in [0.05, 0.1) is 0 Å². The minimum Gasteiger partial charge on any atom is -0.368 e. The number of nitrogen functional groups attached to an aromatic ring is 1. The Hall–Kier alpha value is -1.36. The minimum atomic E-state index is 0.366. The summed E-state index contributed by atoms with van der Waals surface area (Å²) in [5.74, 6) is 2.93. The topological polar surface area (TPSA) is 67.1 Å². The van der Waals surface area contributed by atoms with Gasteiger partial charge in [-0.3, -0.25) is 0 Å². The van der Waals surface area contributed by atoms with E-state index in [0.717, 1.165) is 43.8 Å². The molecular formula is C11H17N5. The van der Waals surface area contributed by atoms with E-state index in [0.29, 0.717) is 5.95 Å². The van der Waals surface area contributed by atoms with Crippen LogP contribution in [-0.4, -0.2) is 36.1 Å². The second-order valence-electron chi connectivity index (χ2n) is 4.69. The van der Waals surface area contributed by atoms with E-state index < -0.39 is 0 Å². The molecule has 1 aromatic rings. The average Bonchev–Trinajstić information content (AvgIpc) is 2.72. The number of nitrogens with zero attached hydrogens (tertiary/aromatic N) is 3. The number of hydrogen-bond acceptors (Lipinski definition) is 5. The van der Waals surface area contributed by atoms with Crippen LogP contribution in [0.2, 0.25) is 0 Å². The summed E-state index contributed by atoms with van der Waals surface area (Å²) < 4.78 is 0. The Morgan fingerprint density at radius 1 is 1.38 bits per heavy atom. The number of piperidine rings is 1. The third kappa shape index (κ3) is 1.71. The van der Waals surface area contributed by atoms with Gasteiger partial charge in [-0.05, 0) is 37.4 Å². The van der Waals surface area contributed by atoms with Crippen molar-refractivity contribution in [1.29, 1.82) is 0 Å². The van der Waals surface area contributed by atoms with E-state index in [2.05, 4.69) is 20.2 Å². The molecule has 0 saturated carbocycles. The Morgan fingerprint density at radius 3 is 3.06 bits per heavy atom. The van der Waals surface area contributed by atoms with Gasteiger partial charge >= 0.3 is 0 Å². The molecule has 1 aromatic heterocycles. The van der Waals surface area contributed by atoms with Crippen molar-refractivity contribution in [2.24, 2.45) is 11.8 Å². The molecule has 0 aromatic carbocycles. The highest BCUT2D eigenvalue weighted by molar-refractivity contribution is 5.42. The number of fused-ring (bicyclic) bond motifs is 1. The van der Waals surface area contributed by atoms with Gasteiger partial charge in [0.15, 0.2) is 0 Å². The molecule has 16 heavy (non-hydrogen) atoms. The molecule has 5 heteroatoms. The maximum Gasteiger partial charge on any atom is 0.221 e. The number of nitrogens with one attached hydrogen (secondary N) is 1. The molecule has 86 valence electrons. The predicted octanol–water partition coefficient (Wildman–Crippen LogP) is 0.104. The van der Waals surface area contributed by atoms with Gasteiger partial charge in [0, 0.05) is 19.3 Å². The van der Waals surface area contributed by atoms with Crippen LogP contribution < -0.4 is 16.0 Å². The molecule has 2 fully saturated rings. The summed E-state index contributed by atoms with van der Waals surface area (Å²) in [5.41, 5.74) is 5.61. The maximum atomic E-state index is 5.61. The summed E-state index contributed by atoms with van der Waals surface area (Å²) in [4.78, 5) is 10.5. The van der Waals surface area contributed by atoms with Crippen LogP contribution in [0.1, 0.15) is 6.42 Å². The van der Waals surface area contributed by atoms with Gasteiger partial charge in [-0.2, -0.15) is 4.98 Å². The lowest BCUT2D eigenvalue weighted by molar-refractivity contribution is 0.318. The van der Waals surface area contributed by atoms with Crippen molar-refractivity contribution in [3.63, 3.8) is 0 Å². The maximum absolute atomic E-state index is 5.61. The molecule has 0 spiro atoms. The lowest BCUT2D eigenvalue weighted by Crippen LogP contribution is -2.35. The summed E-state index contributed by atoms with van der Waals surface area (Å²) in [6.07, 6.45) is 3.01. The molecule has 2 aliphatic rings. The summed E-state index contributed by atoms with van der Waals surface area (Å²) in [7, 11) is 0. The molecule has 3 N–H and O–H groups in total. The van der Waals surface area contributed by atoms with Gasteiger partial charge in [0.2, 0.25) is 5.95 Å². The van der Waals surface area contributed by atoms with Crippen molar-refractivity contribution >= 4 is 11.8 Å². The zero-order valence-corrected chi connectivity index (χ0v) is 9.26. The fraction of sp³-hybridized carbons (Fsp3) is 0.636. The van der Waals surface area contributed by atoms with Gasteiger partial charge in [0.25, 0.3) is 0 Å². The highest BCUT2D eigenvalue weighted by Crippen LogP contribution is 2.30. The summed E-state index contributed by atoms with van der Waals surface area (Å²) >= 11 is 0. The molecule has 3 rings (SSSR count). The molecule has 0 aliphatic carbocycles. The van der Waals surface area contributed by atoms with Crippen molar-refractivity contribution in [3.8, 4) is 0 Å². The first-order valence-electron chi connectivity index (χ1n) is 5.87. The molecule has 5 nitrogen and oxygen atoms in total. The summed E-state index contributed by atoms with van der Waals surface area (Å²) in [6.45, 7) is 4.50. The van der Waals surface area contributed by atoms with Crippen LogP contribution in [0.15, 0.2) is 12.3 Å². The average molecular weight is 219 g/mol. The van der Waals surface area contributed by atoms with Gasteiger partial charge in [-0.15, -0.1) is 0 Å². The number of rotatable bonds is 1. The first kappa shape index (κ1) is 9.84. The van der Waals surface area contributed by atoms with Crippen LogP contribution in [0.5, 0.6) is 0 Å². The molecule has 2 atom stereocenters. The lowest BCUT2D eigenvalue weighted by Gasteiger charge is -2.23. The number of nitrogens with two attached hydrogens (primary N) is 1. The van der Waals surface area contributed by atoms with E-state index in [1.807, 2.05) is 6.07 Å². The van der Waals surface area contributed by atoms with Crippen LogP contribution in [0.4, 0.5) is 11.8 Å². The highest BCUT2D eigenvalue weighted by atomic mass is 15.2. The Morgan fingerprint density at radius 2 is 2.25 bits per heavy atom. The van der Waals surface area contributed by atoms with Crippen LogP contribution in [0.3, 0.4) is 0 Å². The fourth-order valence-electron chi connectivity index (χ4n) is 2.80. The second-order valence-corrected chi connectivity index (χ2v) is 4.69. The van der Waals surface area contributed by atoms with Crippen LogP contribution in [-0.2, 0) is 0 Å². The van der Waals surface area contributed by atoms with Crippen molar-refractivity contribution in [2.75, 3.05) is 36.8 Å². The van der Waals surface area contributed by atoms with Gasteiger partial charge in [0.1, 0.15) is 5.82 Å². The van der Waals surface area contributed by atoms with Crippen LogP contribution >= 0.6 is 0 Å². The van der Waals surface area contributed by atoms with Crippen molar-refractivity contribution < 1.29 is 0 Å². The van der Waals surface area contributed by atoms with E-state index in [4.69, 9.17) is 5.73 Å². The molecule has 0 bridgehead atoms. The fourth-order valence-corrected chi connectivity index (χ4v) is 2.80.